The third-order valence-corrected chi connectivity index (χ3v) is 2.91. The highest BCUT2D eigenvalue weighted by atomic mass is 19.2. The van der Waals surface area contributed by atoms with E-state index in [0.29, 0.717) is 23.7 Å². The van der Waals surface area contributed by atoms with Crippen molar-refractivity contribution in [1.82, 2.24) is 0 Å². The summed E-state index contributed by atoms with van der Waals surface area (Å²) in [6.07, 6.45) is 2.48. The second-order valence-electron chi connectivity index (χ2n) is 4.53. The molecule has 0 saturated heterocycles. The largest absolute Gasteiger partial charge is 0.382 e. The van der Waals surface area contributed by atoms with E-state index in [4.69, 9.17) is 0 Å². The summed E-state index contributed by atoms with van der Waals surface area (Å²) >= 11 is 0. The van der Waals surface area contributed by atoms with Crippen molar-refractivity contribution in [1.29, 1.82) is 0 Å². The lowest BCUT2D eigenvalue weighted by Gasteiger charge is -2.15. The first-order chi connectivity index (χ1) is 8.52. The average Bonchev–Trinajstić information content (AvgIpc) is 3.09. The standard InChI is InChI=1S/C13H16F2N2O/c1-3-9-10(17-8-4-5-8)6-11(16-7(2)18)13(15)12(9)14/h6,8,17H,3-5H2,1-2H3,(H,16,18). The van der Waals surface area contributed by atoms with E-state index in [1.54, 1.807) is 6.92 Å². The molecule has 0 heterocycles. The summed E-state index contributed by atoms with van der Waals surface area (Å²) in [7, 11) is 0. The second kappa shape index (κ2) is 4.92. The monoisotopic (exact) mass is 254 g/mol. The Kier molecular flexibility index (Phi) is 3.50. The quantitative estimate of drug-likeness (QED) is 0.867. The van der Waals surface area contributed by atoms with Crippen molar-refractivity contribution in [2.24, 2.45) is 0 Å². The number of anilines is 2. The van der Waals surface area contributed by atoms with Crippen LogP contribution in [0.4, 0.5) is 20.2 Å². The Hall–Kier alpha value is -1.65. The molecule has 1 saturated carbocycles. The Labute approximate surface area is 105 Å². The number of carbonyl (C=O) groups is 1. The molecule has 1 aliphatic rings. The Morgan fingerprint density at radius 3 is 2.50 bits per heavy atom. The number of rotatable bonds is 4. The van der Waals surface area contributed by atoms with Gasteiger partial charge in [-0.3, -0.25) is 4.79 Å². The van der Waals surface area contributed by atoms with Gasteiger partial charge in [-0.25, -0.2) is 8.78 Å². The van der Waals surface area contributed by atoms with Crippen LogP contribution in [-0.2, 0) is 11.2 Å². The third kappa shape index (κ3) is 2.60. The van der Waals surface area contributed by atoms with Gasteiger partial charge < -0.3 is 10.6 Å². The number of hydrogen-bond acceptors (Lipinski definition) is 2. The highest BCUT2D eigenvalue weighted by Crippen LogP contribution is 2.32. The molecule has 2 rings (SSSR count). The summed E-state index contributed by atoms with van der Waals surface area (Å²) in [5.41, 5.74) is 0.788. The van der Waals surface area contributed by atoms with Crippen LogP contribution in [0, 0.1) is 11.6 Å². The molecule has 0 unspecified atom stereocenters. The number of nitrogens with one attached hydrogen (secondary N) is 2. The molecule has 1 amide bonds. The number of hydrogen-bond donors (Lipinski definition) is 2. The van der Waals surface area contributed by atoms with Crippen molar-refractivity contribution in [3.8, 4) is 0 Å². The summed E-state index contributed by atoms with van der Waals surface area (Å²) in [5, 5.41) is 5.46. The topological polar surface area (TPSA) is 41.1 Å². The zero-order valence-electron chi connectivity index (χ0n) is 10.4. The lowest BCUT2D eigenvalue weighted by Crippen LogP contribution is -2.12. The summed E-state index contributed by atoms with van der Waals surface area (Å²) in [6.45, 7) is 3.03. The van der Waals surface area contributed by atoms with Gasteiger partial charge in [-0.05, 0) is 25.3 Å². The van der Waals surface area contributed by atoms with E-state index in [-0.39, 0.29) is 5.69 Å². The molecule has 1 aliphatic carbocycles. The van der Waals surface area contributed by atoms with Crippen LogP contribution in [0.2, 0.25) is 0 Å². The van der Waals surface area contributed by atoms with Gasteiger partial charge in [0.25, 0.3) is 0 Å². The normalized spacial score (nSPS) is 14.4. The van der Waals surface area contributed by atoms with E-state index < -0.39 is 17.5 Å². The Morgan fingerprint density at radius 1 is 1.33 bits per heavy atom. The first-order valence-corrected chi connectivity index (χ1v) is 6.08. The molecule has 1 aromatic rings. The van der Waals surface area contributed by atoms with Crippen LogP contribution < -0.4 is 10.6 Å². The molecule has 0 aliphatic heterocycles. The molecule has 0 spiro atoms. The maximum absolute atomic E-state index is 13.9. The average molecular weight is 254 g/mol. The minimum atomic E-state index is -0.997. The summed E-state index contributed by atoms with van der Waals surface area (Å²) in [6, 6.07) is 1.81. The highest BCUT2D eigenvalue weighted by Gasteiger charge is 2.24. The van der Waals surface area contributed by atoms with Crippen LogP contribution in [0.1, 0.15) is 32.3 Å². The van der Waals surface area contributed by atoms with Crippen molar-refractivity contribution in [2.75, 3.05) is 10.6 Å². The molecule has 0 atom stereocenters. The minimum Gasteiger partial charge on any atom is -0.382 e. The molecular weight excluding hydrogens is 238 g/mol. The van der Waals surface area contributed by atoms with Gasteiger partial charge in [0, 0.05) is 24.2 Å². The summed E-state index contributed by atoms with van der Waals surface area (Å²) in [5.74, 6) is -2.30. The van der Waals surface area contributed by atoms with Crippen LogP contribution in [-0.4, -0.2) is 11.9 Å². The van der Waals surface area contributed by atoms with Gasteiger partial charge in [-0.2, -0.15) is 0 Å². The molecule has 1 aromatic carbocycles. The van der Waals surface area contributed by atoms with Gasteiger partial charge in [0.2, 0.25) is 5.91 Å². The van der Waals surface area contributed by atoms with E-state index in [0.717, 1.165) is 12.8 Å². The number of carbonyl (C=O) groups excluding carboxylic acids is 1. The van der Waals surface area contributed by atoms with Crippen LogP contribution in [0.15, 0.2) is 6.07 Å². The van der Waals surface area contributed by atoms with Crippen LogP contribution in [0.25, 0.3) is 0 Å². The number of halogens is 2. The molecular formula is C13H16F2N2O. The predicted octanol–water partition coefficient (Wildman–Crippen LogP) is 3.06. The predicted molar refractivity (Wildman–Crippen MR) is 66.7 cm³/mol. The number of amides is 1. The lowest BCUT2D eigenvalue weighted by atomic mass is 10.1. The van der Waals surface area contributed by atoms with Gasteiger partial charge in [0.15, 0.2) is 11.6 Å². The number of benzene rings is 1. The van der Waals surface area contributed by atoms with Crippen LogP contribution in [0.5, 0.6) is 0 Å². The van der Waals surface area contributed by atoms with E-state index in [2.05, 4.69) is 10.6 Å². The molecule has 2 N–H and O–H groups in total. The molecule has 3 nitrogen and oxygen atoms in total. The van der Waals surface area contributed by atoms with Crippen molar-refractivity contribution < 1.29 is 13.6 Å². The SMILES string of the molecule is CCc1c(NC2CC2)cc(NC(C)=O)c(F)c1F. The minimum absolute atomic E-state index is 0.111. The second-order valence-corrected chi connectivity index (χ2v) is 4.53. The smallest absolute Gasteiger partial charge is 0.221 e. The van der Waals surface area contributed by atoms with Crippen molar-refractivity contribution in [3.63, 3.8) is 0 Å². The van der Waals surface area contributed by atoms with E-state index in [1.807, 2.05) is 0 Å². The van der Waals surface area contributed by atoms with Crippen LogP contribution >= 0.6 is 0 Å². The van der Waals surface area contributed by atoms with E-state index in [9.17, 15) is 13.6 Å². The van der Waals surface area contributed by atoms with Gasteiger partial charge in [0.05, 0.1) is 5.69 Å². The van der Waals surface area contributed by atoms with E-state index in [1.165, 1.54) is 13.0 Å². The van der Waals surface area contributed by atoms with Crippen molar-refractivity contribution in [3.05, 3.63) is 23.3 Å². The zero-order chi connectivity index (χ0) is 13.3. The molecule has 98 valence electrons. The molecule has 0 aromatic heterocycles. The molecule has 18 heavy (non-hydrogen) atoms. The summed E-state index contributed by atoms with van der Waals surface area (Å²) in [4.78, 5) is 11.0. The fourth-order valence-corrected chi connectivity index (χ4v) is 1.87. The molecule has 1 fully saturated rings. The Bertz CT molecular complexity index is 484. The maximum Gasteiger partial charge on any atom is 0.221 e. The van der Waals surface area contributed by atoms with Gasteiger partial charge in [-0.15, -0.1) is 0 Å². The van der Waals surface area contributed by atoms with Gasteiger partial charge in [0.1, 0.15) is 0 Å². The molecule has 0 radical (unpaired) electrons. The molecule has 5 heteroatoms. The van der Waals surface area contributed by atoms with Gasteiger partial charge >= 0.3 is 0 Å². The first-order valence-electron chi connectivity index (χ1n) is 6.08. The maximum atomic E-state index is 13.9. The Morgan fingerprint density at radius 2 is 2.00 bits per heavy atom. The highest BCUT2D eigenvalue weighted by molar-refractivity contribution is 5.89. The Balaban J connectivity index is 2.41. The fourth-order valence-electron chi connectivity index (χ4n) is 1.87. The van der Waals surface area contributed by atoms with Crippen LogP contribution in [0.3, 0.4) is 0 Å². The van der Waals surface area contributed by atoms with E-state index >= 15 is 0 Å². The zero-order valence-corrected chi connectivity index (χ0v) is 10.4. The lowest BCUT2D eigenvalue weighted by molar-refractivity contribution is -0.114. The van der Waals surface area contributed by atoms with Gasteiger partial charge in [-0.1, -0.05) is 6.92 Å². The summed E-state index contributed by atoms with van der Waals surface area (Å²) < 4.78 is 27.6. The first kappa shape index (κ1) is 12.8. The van der Waals surface area contributed by atoms with Crippen molar-refractivity contribution >= 4 is 17.3 Å². The fraction of sp³-hybridized carbons (Fsp3) is 0.462. The third-order valence-electron chi connectivity index (χ3n) is 2.91. The molecule has 0 bridgehead atoms. The van der Waals surface area contributed by atoms with Crippen molar-refractivity contribution in [2.45, 2.75) is 39.2 Å².